The second-order valence-corrected chi connectivity index (χ2v) is 7.40. The lowest BCUT2D eigenvalue weighted by Crippen LogP contribution is -2.59. The minimum Gasteiger partial charge on any atom is -0.372 e. The summed E-state index contributed by atoms with van der Waals surface area (Å²) in [5, 5.41) is 11.8. The van der Waals surface area contributed by atoms with E-state index in [9.17, 15) is 18.0 Å². The van der Waals surface area contributed by atoms with E-state index < -0.39 is 23.3 Å². The molecule has 1 fully saturated rings. The van der Waals surface area contributed by atoms with Gasteiger partial charge in [0, 0.05) is 49.0 Å². The molecule has 2 aliphatic rings. The van der Waals surface area contributed by atoms with Crippen molar-refractivity contribution in [3.05, 3.63) is 41.3 Å². The van der Waals surface area contributed by atoms with Crippen LogP contribution in [0.15, 0.2) is 24.4 Å². The van der Waals surface area contributed by atoms with Crippen LogP contribution in [0, 0.1) is 23.6 Å². The lowest BCUT2D eigenvalue weighted by atomic mass is 9.81. The van der Waals surface area contributed by atoms with Crippen LogP contribution in [0.4, 0.5) is 29.5 Å². The number of nitrogens with one attached hydrogen (secondary N) is 3. The van der Waals surface area contributed by atoms with Crippen molar-refractivity contribution in [1.82, 2.24) is 15.1 Å². The minimum absolute atomic E-state index is 0.0368. The van der Waals surface area contributed by atoms with Gasteiger partial charge in [0.2, 0.25) is 0 Å². The van der Waals surface area contributed by atoms with Crippen LogP contribution in [-0.2, 0) is 12.1 Å². The van der Waals surface area contributed by atoms with Crippen LogP contribution in [0.5, 0.6) is 0 Å². The molecule has 0 spiro atoms. The molecule has 152 valence electrons. The summed E-state index contributed by atoms with van der Waals surface area (Å²) in [5.74, 6) is 1.91. The highest BCUT2D eigenvalue weighted by atomic mass is 19.3. The van der Waals surface area contributed by atoms with Crippen LogP contribution in [0.1, 0.15) is 30.9 Å². The molecule has 2 amide bonds. The second kappa shape index (κ2) is 6.72. The maximum atomic E-state index is 14.9. The van der Waals surface area contributed by atoms with E-state index >= 15 is 0 Å². The number of amides is 2. The smallest absolute Gasteiger partial charge is 0.320 e. The fourth-order valence-electron chi connectivity index (χ4n) is 3.29. The molecule has 1 saturated carbocycles. The van der Waals surface area contributed by atoms with E-state index in [1.807, 2.05) is 0 Å². The Hall–Kier alpha value is -3.15. The number of benzene rings is 1. The van der Waals surface area contributed by atoms with Gasteiger partial charge in [0.1, 0.15) is 11.6 Å². The Morgan fingerprint density at radius 3 is 2.79 bits per heavy atom. The van der Waals surface area contributed by atoms with Gasteiger partial charge in [-0.1, -0.05) is 11.8 Å². The third-order valence-electron chi connectivity index (χ3n) is 5.07. The quantitative estimate of drug-likeness (QED) is 0.685. The van der Waals surface area contributed by atoms with Crippen molar-refractivity contribution in [2.24, 2.45) is 5.92 Å². The molecule has 3 N–H and O–H groups in total. The third kappa shape index (κ3) is 3.50. The number of halogens is 3. The van der Waals surface area contributed by atoms with Gasteiger partial charge in [0.25, 0.3) is 5.92 Å². The monoisotopic (exact) mass is 403 g/mol. The number of carbonyl (C=O) groups excluding carboxylic acids is 1. The summed E-state index contributed by atoms with van der Waals surface area (Å²) in [4.78, 5) is 12.2. The summed E-state index contributed by atoms with van der Waals surface area (Å²) in [6, 6.07) is 3.30. The standard InChI is InChI=1S/C20H20F3N5O/c1-19(22,23)20(7-5-12-3-4-12)14-10-15(21)13(9-16(14)25-18(29)26-20)11-28-8-6-17(24-2)27-28/h6,8-10,12H,3-4,11H2,1-2H3,(H,24,27)(H2,25,26,29)/t20-/m0/s1. The maximum absolute atomic E-state index is 14.9. The summed E-state index contributed by atoms with van der Waals surface area (Å²) in [6.45, 7) is 0.756. The zero-order valence-electron chi connectivity index (χ0n) is 15.9. The van der Waals surface area contributed by atoms with Gasteiger partial charge in [-0.05, 0) is 25.0 Å². The summed E-state index contributed by atoms with van der Waals surface area (Å²) in [5.41, 5.74) is -2.06. The van der Waals surface area contributed by atoms with Crippen LogP contribution in [0.2, 0.25) is 0 Å². The molecule has 1 aliphatic carbocycles. The Bertz CT molecular complexity index is 1030. The molecule has 2 heterocycles. The summed E-state index contributed by atoms with van der Waals surface area (Å²) < 4.78 is 45.8. The molecule has 29 heavy (non-hydrogen) atoms. The molecule has 0 bridgehead atoms. The van der Waals surface area contributed by atoms with Crippen LogP contribution in [0.3, 0.4) is 0 Å². The van der Waals surface area contributed by atoms with Crippen molar-refractivity contribution >= 4 is 17.5 Å². The Labute approximate surface area is 165 Å². The van der Waals surface area contributed by atoms with E-state index in [-0.39, 0.29) is 29.3 Å². The van der Waals surface area contributed by atoms with E-state index in [0.717, 1.165) is 18.9 Å². The van der Waals surface area contributed by atoms with E-state index in [4.69, 9.17) is 0 Å². The number of hydrogen-bond donors (Lipinski definition) is 3. The Morgan fingerprint density at radius 1 is 1.41 bits per heavy atom. The first-order valence-corrected chi connectivity index (χ1v) is 9.25. The first-order valence-electron chi connectivity index (χ1n) is 9.25. The molecule has 1 aliphatic heterocycles. The Balaban J connectivity index is 1.79. The lowest BCUT2D eigenvalue weighted by Gasteiger charge is -2.40. The summed E-state index contributed by atoms with van der Waals surface area (Å²) in [7, 11) is 1.71. The molecule has 1 aromatic carbocycles. The molecule has 0 saturated heterocycles. The van der Waals surface area contributed by atoms with Crippen molar-refractivity contribution < 1.29 is 18.0 Å². The topological polar surface area (TPSA) is 71.0 Å². The minimum atomic E-state index is -3.43. The highest BCUT2D eigenvalue weighted by Gasteiger charge is 2.55. The fraction of sp³-hybridized carbons (Fsp3) is 0.400. The van der Waals surface area contributed by atoms with Crippen molar-refractivity contribution in [2.75, 3.05) is 17.7 Å². The highest BCUT2D eigenvalue weighted by molar-refractivity contribution is 5.95. The number of anilines is 2. The zero-order valence-corrected chi connectivity index (χ0v) is 15.9. The molecule has 6 nitrogen and oxygen atoms in total. The van der Waals surface area contributed by atoms with Gasteiger partial charge in [0.05, 0.1) is 6.54 Å². The average Bonchev–Trinajstić information content (AvgIpc) is 3.37. The largest absolute Gasteiger partial charge is 0.372 e. The number of fused-ring (bicyclic) bond motifs is 1. The first kappa shape index (κ1) is 19.2. The van der Waals surface area contributed by atoms with E-state index in [2.05, 4.69) is 32.9 Å². The molecule has 2 aromatic rings. The lowest BCUT2D eigenvalue weighted by molar-refractivity contribution is -0.0465. The maximum Gasteiger partial charge on any atom is 0.320 e. The number of hydrogen-bond acceptors (Lipinski definition) is 3. The van der Waals surface area contributed by atoms with Gasteiger partial charge in [0.15, 0.2) is 5.54 Å². The van der Waals surface area contributed by atoms with Crippen molar-refractivity contribution in [2.45, 2.75) is 37.8 Å². The van der Waals surface area contributed by atoms with E-state index in [1.165, 1.54) is 10.7 Å². The molecule has 0 unspecified atom stereocenters. The van der Waals surface area contributed by atoms with Crippen molar-refractivity contribution in [1.29, 1.82) is 0 Å². The van der Waals surface area contributed by atoms with Gasteiger partial charge in [-0.2, -0.15) is 5.10 Å². The second-order valence-electron chi connectivity index (χ2n) is 7.40. The first-order chi connectivity index (χ1) is 13.7. The van der Waals surface area contributed by atoms with Crippen LogP contribution in [-0.4, -0.2) is 28.8 Å². The van der Waals surface area contributed by atoms with E-state index in [0.29, 0.717) is 12.7 Å². The number of rotatable bonds is 4. The summed E-state index contributed by atoms with van der Waals surface area (Å²) >= 11 is 0. The molecule has 0 radical (unpaired) electrons. The van der Waals surface area contributed by atoms with Crippen LogP contribution in [0.25, 0.3) is 0 Å². The molecule has 1 atom stereocenters. The third-order valence-corrected chi connectivity index (χ3v) is 5.07. The van der Waals surface area contributed by atoms with Gasteiger partial charge in [-0.15, -0.1) is 0 Å². The average molecular weight is 403 g/mol. The molecular weight excluding hydrogens is 383 g/mol. The van der Waals surface area contributed by atoms with Crippen molar-refractivity contribution in [3.63, 3.8) is 0 Å². The molecule has 9 heteroatoms. The van der Waals surface area contributed by atoms with Gasteiger partial charge in [-0.25, -0.2) is 18.0 Å². The summed E-state index contributed by atoms with van der Waals surface area (Å²) in [6.07, 6.45) is 3.34. The normalized spacial score (nSPS) is 20.8. The Morgan fingerprint density at radius 2 is 2.17 bits per heavy atom. The number of carbonyl (C=O) groups is 1. The zero-order chi connectivity index (χ0) is 20.8. The fourth-order valence-corrected chi connectivity index (χ4v) is 3.29. The van der Waals surface area contributed by atoms with Crippen LogP contribution < -0.4 is 16.0 Å². The number of alkyl halides is 2. The number of aromatic nitrogens is 2. The highest BCUT2D eigenvalue weighted by Crippen LogP contribution is 2.44. The van der Waals surface area contributed by atoms with Gasteiger partial charge >= 0.3 is 6.03 Å². The molecule has 4 rings (SSSR count). The molecular formula is C20H20F3N5O. The number of nitrogens with zero attached hydrogens (tertiary/aromatic N) is 2. The SMILES string of the molecule is CNc1ccn(Cc2cc3c(cc2F)[C@@](C#CC2CC2)(C(C)(F)F)NC(=O)N3)n1. The predicted molar refractivity (Wildman–Crippen MR) is 102 cm³/mol. The van der Waals surface area contributed by atoms with Crippen LogP contribution >= 0.6 is 0 Å². The molecule has 1 aromatic heterocycles. The Kier molecular flexibility index (Phi) is 4.45. The van der Waals surface area contributed by atoms with E-state index in [1.54, 1.807) is 19.3 Å². The van der Waals surface area contributed by atoms with Crippen molar-refractivity contribution in [3.8, 4) is 11.8 Å². The number of urea groups is 1. The predicted octanol–water partition coefficient (Wildman–Crippen LogP) is 3.51. The van der Waals surface area contributed by atoms with Gasteiger partial charge < -0.3 is 16.0 Å². The van der Waals surface area contributed by atoms with Gasteiger partial charge in [-0.3, -0.25) is 4.68 Å².